The van der Waals surface area contributed by atoms with Crippen LogP contribution >= 0.6 is 0 Å². The maximum Gasteiger partial charge on any atom is 0.154 e. The number of nitrogens with one attached hydrogen (secondary N) is 2. The van der Waals surface area contributed by atoms with Crippen molar-refractivity contribution in [1.82, 2.24) is 30.0 Å². The molecule has 1 saturated heterocycles. The summed E-state index contributed by atoms with van der Waals surface area (Å²) in [7, 11) is 1.90. The SMILES string of the molecule is Cn1cc(-c2cc3nccnc3c(NC[C@@H]3CCCNC3)n2)cn1. The highest BCUT2D eigenvalue weighted by Crippen LogP contribution is 2.25. The van der Waals surface area contributed by atoms with Crippen molar-refractivity contribution in [3.8, 4) is 11.3 Å². The zero-order chi connectivity index (χ0) is 16.4. The molecule has 0 amide bonds. The Kier molecular flexibility index (Phi) is 4.08. The van der Waals surface area contributed by atoms with Gasteiger partial charge in [-0.1, -0.05) is 0 Å². The summed E-state index contributed by atoms with van der Waals surface area (Å²) >= 11 is 0. The monoisotopic (exact) mass is 323 g/mol. The number of nitrogens with zero attached hydrogens (tertiary/aromatic N) is 5. The Balaban J connectivity index is 1.66. The second-order valence-corrected chi connectivity index (χ2v) is 6.28. The van der Waals surface area contributed by atoms with E-state index < -0.39 is 0 Å². The zero-order valence-corrected chi connectivity index (χ0v) is 13.7. The van der Waals surface area contributed by atoms with E-state index in [0.29, 0.717) is 5.92 Å². The summed E-state index contributed by atoms with van der Waals surface area (Å²) in [5, 5.41) is 11.2. The van der Waals surface area contributed by atoms with E-state index in [-0.39, 0.29) is 0 Å². The van der Waals surface area contributed by atoms with Crippen LogP contribution in [0.25, 0.3) is 22.3 Å². The summed E-state index contributed by atoms with van der Waals surface area (Å²) < 4.78 is 1.78. The third-order valence-corrected chi connectivity index (χ3v) is 4.41. The molecule has 1 atom stereocenters. The van der Waals surface area contributed by atoms with Crippen molar-refractivity contribution in [3.63, 3.8) is 0 Å². The van der Waals surface area contributed by atoms with Crippen molar-refractivity contribution in [2.45, 2.75) is 12.8 Å². The van der Waals surface area contributed by atoms with Crippen LogP contribution in [0.15, 0.2) is 30.9 Å². The molecule has 3 aromatic heterocycles. The molecule has 2 N–H and O–H groups in total. The van der Waals surface area contributed by atoms with Crippen LogP contribution < -0.4 is 10.6 Å². The Labute approximate surface area is 140 Å². The summed E-state index contributed by atoms with van der Waals surface area (Å²) in [6.45, 7) is 3.07. The van der Waals surface area contributed by atoms with Gasteiger partial charge in [0, 0.05) is 37.7 Å². The molecule has 4 heterocycles. The first-order chi connectivity index (χ1) is 11.8. The van der Waals surface area contributed by atoms with Gasteiger partial charge in [0.05, 0.1) is 17.4 Å². The van der Waals surface area contributed by atoms with E-state index in [0.717, 1.165) is 47.7 Å². The number of fused-ring (bicyclic) bond motifs is 1. The summed E-state index contributed by atoms with van der Waals surface area (Å²) in [5.74, 6) is 1.42. The molecular formula is C17H21N7. The zero-order valence-electron chi connectivity index (χ0n) is 13.7. The van der Waals surface area contributed by atoms with Crippen molar-refractivity contribution in [2.75, 3.05) is 25.0 Å². The number of hydrogen-bond acceptors (Lipinski definition) is 6. The molecule has 124 valence electrons. The van der Waals surface area contributed by atoms with Crippen LogP contribution in [0.5, 0.6) is 0 Å². The van der Waals surface area contributed by atoms with Gasteiger partial charge < -0.3 is 10.6 Å². The smallest absolute Gasteiger partial charge is 0.154 e. The van der Waals surface area contributed by atoms with E-state index in [2.05, 4.69) is 25.7 Å². The lowest BCUT2D eigenvalue weighted by Crippen LogP contribution is -2.33. The molecule has 4 rings (SSSR count). The second kappa shape index (κ2) is 6.52. The molecule has 24 heavy (non-hydrogen) atoms. The molecule has 0 aromatic carbocycles. The molecule has 3 aromatic rings. The van der Waals surface area contributed by atoms with Gasteiger partial charge in [0.15, 0.2) is 5.82 Å². The number of rotatable bonds is 4. The minimum Gasteiger partial charge on any atom is -0.368 e. The van der Waals surface area contributed by atoms with Crippen molar-refractivity contribution in [1.29, 1.82) is 0 Å². The molecule has 0 spiro atoms. The first kappa shape index (κ1) is 15.0. The van der Waals surface area contributed by atoms with Crippen LogP contribution in [0, 0.1) is 5.92 Å². The standard InChI is InChI=1S/C17H21N7/c1-24-11-13(10-22-24)14-7-15-16(20-6-5-19-15)17(23-14)21-9-12-3-2-4-18-8-12/h5-7,10-12,18H,2-4,8-9H2,1H3,(H,21,23)/t12-/m1/s1. The van der Waals surface area contributed by atoms with Gasteiger partial charge in [-0.15, -0.1) is 0 Å². The maximum atomic E-state index is 4.78. The highest BCUT2D eigenvalue weighted by atomic mass is 15.2. The molecular weight excluding hydrogens is 302 g/mol. The quantitative estimate of drug-likeness (QED) is 0.762. The van der Waals surface area contributed by atoms with Gasteiger partial charge in [-0.2, -0.15) is 5.10 Å². The maximum absolute atomic E-state index is 4.78. The Morgan fingerprint density at radius 2 is 2.25 bits per heavy atom. The highest BCUT2D eigenvalue weighted by molar-refractivity contribution is 5.88. The van der Waals surface area contributed by atoms with Gasteiger partial charge in [-0.25, -0.2) is 9.97 Å². The summed E-state index contributed by atoms with van der Waals surface area (Å²) in [4.78, 5) is 13.7. The Morgan fingerprint density at radius 3 is 3.04 bits per heavy atom. The van der Waals surface area contributed by atoms with Crippen LogP contribution in [0.2, 0.25) is 0 Å². The van der Waals surface area contributed by atoms with E-state index in [1.807, 2.05) is 25.5 Å². The number of aromatic nitrogens is 5. The topological polar surface area (TPSA) is 80.5 Å². The van der Waals surface area contributed by atoms with Gasteiger partial charge in [-0.3, -0.25) is 9.67 Å². The van der Waals surface area contributed by atoms with E-state index in [1.165, 1.54) is 12.8 Å². The van der Waals surface area contributed by atoms with Crippen molar-refractivity contribution in [3.05, 3.63) is 30.9 Å². The molecule has 1 aliphatic heterocycles. The Hall–Kier alpha value is -2.54. The first-order valence-electron chi connectivity index (χ1n) is 8.35. The van der Waals surface area contributed by atoms with Crippen LogP contribution in [-0.2, 0) is 7.05 Å². The van der Waals surface area contributed by atoms with Gasteiger partial charge in [-0.05, 0) is 37.9 Å². The predicted octanol–water partition coefficient (Wildman–Crippen LogP) is 1.84. The lowest BCUT2D eigenvalue weighted by atomic mass is 10.00. The number of hydrogen-bond donors (Lipinski definition) is 2. The average molecular weight is 323 g/mol. The van der Waals surface area contributed by atoms with E-state index in [1.54, 1.807) is 17.1 Å². The van der Waals surface area contributed by atoms with Crippen LogP contribution in [0.3, 0.4) is 0 Å². The summed E-state index contributed by atoms with van der Waals surface area (Å²) in [5.41, 5.74) is 3.50. The molecule has 0 radical (unpaired) electrons. The fourth-order valence-electron chi connectivity index (χ4n) is 3.14. The predicted molar refractivity (Wildman–Crippen MR) is 93.6 cm³/mol. The molecule has 7 heteroatoms. The van der Waals surface area contributed by atoms with Crippen LogP contribution in [-0.4, -0.2) is 44.4 Å². The average Bonchev–Trinajstić information content (AvgIpc) is 3.07. The summed E-state index contributed by atoms with van der Waals surface area (Å²) in [6.07, 6.45) is 9.67. The van der Waals surface area contributed by atoms with Crippen molar-refractivity contribution < 1.29 is 0 Å². The molecule has 0 aliphatic carbocycles. The fourth-order valence-corrected chi connectivity index (χ4v) is 3.14. The first-order valence-corrected chi connectivity index (χ1v) is 8.35. The van der Waals surface area contributed by atoms with E-state index in [9.17, 15) is 0 Å². The second-order valence-electron chi connectivity index (χ2n) is 6.28. The normalized spacial score (nSPS) is 18.0. The largest absolute Gasteiger partial charge is 0.368 e. The lowest BCUT2D eigenvalue weighted by Gasteiger charge is -2.23. The molecule has 1 aliphatic rings. The van der Waals surface area contributed by atoms with Gasteiger partial charge in [0.25, 0.3) is 0 Å². The van der Waals surface area contributed by atoms with Gasteiger partial charge >= 0.3 is 0 Å². The fraction of sp³-hybridized carbons (Fsp3) is 0.412. The van der Waals surface area contributed by atoms with E-state index >= 15 is 0 Å². The highest BCUT2D eigenvalue weighted by Gasteiger charge is 2.15. The van der Waals surface area contributed by atoms with E-state index in [4.69, 9.17) is 4.98 Å². The minimum atomic E-state index is 0.620. The molecule has 0 unspecified atom stereocenters. The number of pyridine rings is 1. The van der Waals surface area contributed by atoms with Crippen LogP contribution in [0.1, 0.15) is 12.8 Å². The third kappa shape index (κ3) is 3.07. The number of aryl methyl sites for hydroxylation is 1. The minimum absolute atomic E-state index is 0.620. The number of anilines is 1. The molecule has 0 bridgehead atoms. The van der Waals surface area contributed by atoms with Crippen LogP contribution in [0.4, 0.5) is 5.82 Å². The Bertz CT molecular complexity index is 836. The number of piperidine rings is 1. The molecule has 1 fully saturated rings. The van der Waals surface area contributed by atoms with Crippen molar-refractivity contribution >= 4 is 16.9 Å². The molecule has 0 saturated carbocycles. The molecule has 7 nitrogen and oxygen atoms in total. The van der Waals surface area contributed by atoms with Gasteiger partial charge in [0.2, 0.25) is 0 Å². The Morgan fingerprint density at radius 1 is 1.33 bits per heavy atom. The summed E-state index contributed by atoms with van der Waals surface area (Å²) in [6, 6.07) is 1.96. The van der Waals surface area contributed by atoms with Gasteiger partial charge in [0.1, 0.15) is 5.52 Å². The lowest BCUT2D eigenvalue weighted by molar-refractivity contribution is 0.392. The van der Waals surface area contributed by atoms with Crippen molar-refractivity contribution in [2.24, 2.45) is 13.0 Å². The third-order valence-electron chi connectivity index (χ3n) is 4.41.